The Kier molecular flexibility index (Phi) is 3.19. The molecule has 0 spiro atoms. The molecule has 1 amide bonds. The van der Waals surface area contributed by atoms with Crippen LogP contribution in [0.1, 0.15) is 34.1 Å². The fourth-order valence-electron chi connectivity index (χ4n) is 1.36. The second-order valence-corrected chi connectivity index (χ2v) is 4.69. The van der Waals surface area contributed by atoms with E-state index in [2.05, 4.69) is 6.08 Å². The summed E-state index contributed by atoms with van der Waals surface area (Å²) in [6.07, 6.45) is 4.81. The minimum absolute atomic E-state index is 0.214. The first-order chi connectivity index (χ1) is 6.40. The Morgan fingerprint density at radius 3 is 2.57 bits per heavy atom. The summed E-state index contributed by atoms with van der Waals surface area (Å²) >= 11 is 0. The third-order valence-electron chi connectivity index (χ3n) is 2.11. The summed E-state index contributed by atoms with van der Waals surface area (Å²) in [5.74, 6) is 0. The fraction of sp³-hybridized carbons (Fsp3) is 0.727. The van der Waals surface area contributed by atoms with Crippen molar-refractivity contribution in [2.24, 2.45) is 0 Å². The van der Waals surface area contributed by atoms with Crippen molar-refractivity contribution in [1.82, 2.24) is 4.90 Å². The van der Waals surface area contributed by atoms with E-state index in [-0.39, 0.29) is 12.1 Å². The minimum atomic E-state index is -0.405. The quantitative estimate of drug-likeness (QED) is 0.558. The molecule has 0 saturated heterocycles. The number of hydrogen-bond donors (Lipinski definition) is 0. The van der Waals surface area contributed by atoms with E-state index < -0.39 is 5.60 Å². The van der Waals surface area contributed by atoms with Gasteiger partial charge in [0.1, 0.15) is 5.60 Å². The standard InChI is InChI=1S/C11H19NO2/c1-9-7-5-6-8-12(9)10(13)14-11(2,3)4/h5-6,9H,7-8H2,1-4H3. The molecule has 14 heavy (non-hydrogen) atoms. The van der Waals surface area contributed by atoms with Crippen LogP contribution in [0.15, 0.2) is 12.2 Å². The lowest BCUT2D eigenvalue weighted by molar-refractivity contribution is 0.0195. The molecule has 3 heteroatoms. The molecule has 1 rings (SSSR count). The van der Waals surface area contributed by atoms with Crippen LogP contribution in [0.4, 0.5) is 4.79 Å². The molecular formula is C11H19NO2. The number of carbonyl (C=O) groups is 1. The predicted molar refractivity (Wildman–Crippen MR) is 56.2 cm³/mol. The molecule has 0 aliphatic carbocycles. The molecule has 3 nitrogen and oxygen atoms in total. The summed E-state index contributed by atoms with van der Waals surface area (Å²) in [4.78, 5) is 13.4. The summed E-state index contributed by atoms with van der Waals surface area (Å²) in [5, 5.41) is 0. The normalized spacial score (nSPS) is 22.3. The molecule has 0 bridgehead atoms. The lowest BCUT2D eigenvalue weighted by atomic mass is 10.1. The van der Waals surface area contributed by atoms with Gasteiger partial charge in [0.2, 0.25) is 0 Å². The lowest BCUT2D eigenvalue weighted by Crippen LogP contribution is -2.43. The zero-order valence-corrected chi connectivity index (χ0v) is 9.41. The highest BCUT2D eigenvalue weighted by Gasteiger charge is 2.25. The van der Waals surface area contributed by atoms with Crippen LogP contribution < -0.4 is 0 Å². The first-order valence-corrected chi connectivity index (χ1v) is 5.05. The number of rotatable bonds is 0. The van der Waals surface area contributed by atoms with Crippen molar-refractivity contribution >= 4 is 6.09 Å². The average Bonchev–Trinajstić information content (AvgIpc) is 2.01. The van der Waals surface area contributed by atoms with Crippen LogP contribution >= 0.6 is 0 Å². The van der Waals surface area contributed by atoms with Gasteiger partial charge in [0, 0.05) is 12.6 Å². The second kappa shape index (κ2) is 4.03. The minimum Gasteiger partial charge on any atom is -0.444 e. The molecule has 0 radical (unpaired) electrons. The summed E-state index contributed by atoms with van der Waals surface area (Å²) in [5.41, 5.74) is -0.405. The Hall–Kier alpha value is -0.990. The maximum absolute atomic E-state index is 11.7. The van der Waals surface area contributed by atoms with Crippen molar-refractivity contribution in [2.45, 2.75) is 45.8 Å². The van der Waals surface area contributed by atoms with Gasteiger partial charge in [-0.05, 0) is 34.1 Å². The summed E-state index contributed by atoms with van der Waals surface area (Å²) in [6.45, 7) is 8.35. The van der Waals surface area contributed by atoms with Crippen LogP contribution in [-0.4, -0.2) is 29.2 Å². The molecule has 0 aromatic carbocycles. The fourth-order valence-corrected chi connectivity index (χ4v) is 1.36. The highest BCUT2D eigenvalue weighted by Crippen LogP contribution is 2.15. The Bertz CT molecular complexity index is 240. The highest BCUT2D eigenvalue weighted by atomic mass is 16.6. The largest absolute Gasteiger partial charge is 0.444 e. The van der Waals surface area contributed by atoms with Gasteiger partial charge in [-0.2, -0.15) is 0 Å². The van der Waals surface area contributed by atoms with Gasteiger partial charge in [-0.3, -0.25) is 0 Å². The SMILES string of the molecule is CC1CC=CCN1C(=O)OC(C)(C)C. The van der Waals surface area contributed by atoms with Crippen molar-refractivity contribution in [1.29, 1.82) is 0 Å². The highest BCUT2D eigenvalue weighted by molar-refractivity contribution is 5.69. The molecule has 0 fully saturated rings. The molecular weight excluding hydrogens is 178 g/mol. The zero-order valence-electron chi connectivity index (χ0n) is 9.41. The van der Waals surface area contributed by atoms with E-state index in [1.54, 1.807) is 4.90 Å². The van der Waals surface area contributed by atoms with Crippen molar-refractivity contribution in [3.8, 4) is 0 Å². The maximum Gasteiger partial charge on any atom is 0.410 e. The van der Waals surface area contributed by atoms with Crippen molar-refractivity contribution in [3.63, 3.8) is 0 Å². The monoisotopic (exact) mass is 197 g/mol. The van der Waals surface area contributed by atoms with Crippen LogP contribution in [0.3, 0.4) is 0 Å². The molecule has 0 aromatic rings. The zero-order chi connectivity index (χ0) is 10.8. The molecule has 1 aliphatic rings. The number of hydrogen-bond acceptors (Lipinski definition) is 2. The Labute approximate surface area is 85.7 Å². The van der Waals surface area contributed by atoms with Crippen molar-refractivity contribution < 1.29 is 9.53 Å². The van der Waals surface area contributed by atoms with E-state index >= 15 is 0 Å². The molecule has 0 aromatic heterocycles. The summed E-state index contributed by atoms with van der Waals surface area (Å²) in [7, 11) is 0. The van der Waals surface area contributed by atoms with E-state index in [4.69, 9.17) is 4.74 Å². The van der Waals surface area contributed by atoms with Crippen molar-refractivity contribution in [3.05, 3.63) is 12.2 Å². The van der Waals surface area contributed by atoms with Gasteiger partial charge < -0.3 is 9.64 Å². The van der Waals surface area contributed by atoms with Gasteiger partial charge in [-0.25, -0.2) is 4.79 Å². The smallest absolute Gasteiger partial charge is 0.410 e. The maximum atomic E-state index is 11.7. The topological polar surface area (TPSA) is 29.5 Å². The molecule has 0 N–H and O–H groups in total. The summed E-state index contributed by atoms with van der Waals surface area (Å²) < 4.78 is 5.30. The number of nitrogens with zero attached hydrogens (tertiary/aromatic N) is 1. The molecule has 1 heterocycles. The van der Waals surface area contributed by atoms with E-state index in [0.717, 1.165) is 6.42 Å². The molecule has 0 saturated carbocycles. The van der Waals surface area contributed by atoms with E-state index in [9.17, 15) is 4.79 Å². The van der Waals surface area contributed by atoms with Crippen LogP contribution in [-0.2, 0) is 4.74 Å². The number of carbonyl (C=O) groups excluding carboxylic acids is 1. The Morgan fingerprint density at radius 2 is 2.07 bits per heavy atom. The first-order valence-electron chi connectivity index (χ1n) is 5.05. The summed E-state index contributed by atoms with van der Waals surface area (Å²) in [6, 6.07) is 0.245. The third-order valence-corrected chi connectivity index (χ3v) is 2.11. The Morgan fingerprint density at radius 1 is 1.43 bits per heavy atom. The molecule has 1 unspecified atom stereocenters. The van der Waals surface area contributed by atoms with Gasteiger partial charge in [-0.1, -0.05) is 12.2 Å². The van der Waals surface area contributed by atoms with Gasteiger partial charge in [0.15, 0.2) is 0 Å². The first kappa shape index (κ1) is 11.1. The van der Waals surface area contributed by atoms with Gasteiger partial charge in [0.25, 0.3) is 0 Å². The van der Waals surface area contributed by atoms with Crippen molar-refractivity contribution in [2.75, 3.05) is 6.54 Å². The van der Waals surface area contributed by atoms with E-state index in [1.165, 1.54) is 0 Å². The second-order valence-electron chi connectivity index (χ2n) is 4.69. The van der Waals surface area contributed by atoms with Gasteiger partial charge in [-0.15, -0.1) is 0 Å². The van der Waals surface area contributed by atoms with E-state index in [0.29, 0.717) is 6.54 Å². The van der Waals surface area contributed by atoms with Crippen LogP contribution in [0.25, 0.3) is 0 Å². The van der Waals surface area contributed by atoms with Crippen LogP contribution in [0, 0.1) is 0 Å². The van der Waals surface area contributed by atoms with Crippen LogP contribution in [0.2, 0.25) is 0 Å². The molecule has 1 aliphatic heterocycles. The van der Waals surface area contributed by atoms with E-state index in [1.807, 2.05) is 33.8 Å². The lowest BCUT2D eigenvalue weighted by Gasteiger charge is -2.32. The predicted octanol–water partition coefficient (Wildman–Crippen LogP) is 2.57. The number of ether oxygens (including phenoxy) is 1. The molecule has 1 atom stereocenters. The molecule has 80 valence electrons. The number of amides is 1. The van der Waals surface area contributed by atoms with Gasteiger partial charge in [0.05, 0.1) is 0 Å². The van der Waals surface area contributed by atoms with Crippen LogP contribution in [0.5, 0.6) is 0 Å². The Balaban J connectivity index is 2.56. The van der Waals surface area contributed by atoms with Gasteiger partial charge >= 0.3 is 6.09 Å². The third kappa shape index (κ3) is 3.05. The average molecular weight is 197 g/mol.